The zero-order valence-corrected chi connectivity index (χ0v) is 14.4. The first-order valence-electron chi connectivity index (χ1n) is 7.01. The van der Waals surface area contributed by atoms with E-state index < -0.39 is 6.10 Å². The van der Waals surface area contributed by atoms with Gasteiger partial charge in [-0.15, -0.1) is 0 Å². The molecule has 1 unspecified atom stereocenters. The largest absolute Gasteiger partial charge is 0.481 e. The quantitative estimate of drug-likeness (QED) is 0.908. The average Bonchev–Trinajstić information content (AvgIpc) is 2.36. The van der Waals surface area contributed by atoms with Crippen LogP contribution in [0.15, 0.2) is 18.2 Å². The summed E-state index contributed by atoms with van der Waals surface area (Å²) >= 11 is 6.06. The standard InChI is InChI=1S/C16H25ClN2O2/c1-11(15(20)19(5)6)21-14-8-7-13(17)9-12(14)10-18-16(2,3)4/h7-9,11,18H,10H2,1-6H3. The van der Waals surface area contributed by atoms with Gasteiger partial charge in [0.05, 0.1) is 0 Å². The molecule has 1 atom stereocenters. The van der Waals surface area contributed by atoms with Crippen LogP contribution in [0.3, 0.4) is 0 Å². The highest BCUT2D eigenvalue weighted by Gasteiger charge is 2.19. The zero-order valence-electron chi connectivity index (χ0n) is 13.7. The van der Waals surface area contributed by atoms with Gasteiger partial charge < -0.3 is 15.0 Å². The molecular formula is C16H25ClN2O2. The van der Waals surface area contributed by atoms with E-state index in [0.29, 0.717) is 17.3 Å². The topological polar surface area (TPSA) is 41.6 Å². The maximum atomic E-state index is 11.9. The number of nitrogens with one attached hydrogen (secondary N) is 1. The Labute approximate surface area is 132 Å². The van der Waals surface area contributed by atoms with Gasteiger partial charge in [-0.25, -0.2) is 0 Å². The van der Waals surface area contributed by atoms with Gasteiger partial charge in [-0.1, -0.05) is 11.6 Å². The first kappa shape index (κ1) is 17.8. The second-order valence-electron chi connectivity index (χ2n) is 6.35. The number of halogens is 1. The Balaban J connectivity index is 2.89. The van der Waals surface area contributed by atoms with Crippen molar-refractivity contribution in [3.8, 4) is 5.75 Å². The van der Waals surface area contributed by atoms with Gasteiger partial charge >= 0.3 is 0 Å². The smallest absolute Gasteiger partial charge is 0.262 e. The summed E-state index contributed by atoms with van der Waals surface area (Å²) in [6, 6.07) is 5.44. The van der Waals surface area contributed by atoms with Crippen molar-refractivity contribution in [2.45, 2.75) is 45.9 Å². The van der Waals surface area contributed by atoms with Crippen molar-refractivity contribution in [1.29, 1.82) is 0 Å². The second kappa shape index (κ2) is 7.14. The fourth-order valence-corrected chi connectivity index (χ4v) is 1.96. The van der Waals surface area contributed by atoms with Crippen LogP contribution in [-0.4, -0.2) is 36.5 Å². The minimum absolute atomic E-state index is 0.00927. The van der Waals surface area contributed by atoms with Gasteiger partial charge in [-0.3, -0.25) is 4.79 Å². The van der Waals surface area contributed by atoms with Crippen LogP contribution in [0.4, 0.5) is 0 Å². The summed E-state index contributed by atoms with van der Waals surface area (Å²) in [4.78, 5) is 13.4. The molecule has 0 aliphatic heterocycles. The number of rotatable bonds is 5. The van der Waals surface area contributed by atoms with E-state index in [4.69, 9.17) is 16.3 Å². The van der Waals surface area contributed by atoms with Crippen LogP contribution in [-0.2, 0) is 11.3 Å². The highest BCUT2D eigenvalue weighted by molar-refractivity contribution is 6.30. The summed E-state index contributed by atoms with van der Waals surface area (Å²) in [7, 11) is 3.43. The molecule has 5 heteroatoms. The van der Waals surface area contributed by atoms with Crippen molar-refractivity contribution < 1.29 is 9.53 Å². The Morgan fingerprint density at radius 2 is 2.00 bits per heavy atom. The summed E-state index contributed by atoms with van der Waals surface area (Å²) in [6.07, 6.45) is -0.533. The van der Waals surface area contributed by atoms with Crippen LogP contribution in [0.2, 0.25) is 5.02 Å². The van der Waals surface area contributed by atoms with E-state index in [2.05, 4.69) is 26.1 Å². The van der Waals surface area contributed by atoms with Crippen LogP contribution >= 0.6 is 11.6 Å². The Hall–Kier alpha value is -1.26. The van der Waals surface area contributed by atoms with Crippen LogP contribution in [0.1, 0.15) is 33.3 Å². The molecule has 1 aromatic carbocycles. The molecule has 0 bridgehead atoms. The first-order chi connectivity index (χ1) is 9.60. The molecule has 1 aromatic rings. The molecule has 0 aliphatic carbocycles. The number of likely N-dealkylation sites (N-methyl/N-ethyl adjacent to an activating group) is 1. The predicted octanol–water partition coefficient (Wildman–Crippen LogP) is 3.08. The fourth-order valence-electron chi connectivity index (χ4n) is 1.77. The lowest BCUT2D eigenvalue weighted by Gasteiger charge is -2.23. The van der Waals surface area contributed by atoms with Crippen LogP contribution < -0.4 is 10.1 Å². The Morgan fingerprint density at radius 3 is 2.52 bits per heavy atom. The minimum Gasteiger partial charge on any atom is -0.481 e. The first-order valence-corrected chi connectivity index (χ1v) is 7.39. The number of carbonyl (C=O) groups excluding carboxylic acids is 1. The zero-order chi connectivity index (χ0) is 16.2. The molecule has 0 aliphatic rings. The molecule has 4 nitrogen and oxygen atoms in total. The molecule has 21 heavy (non-hydrogen) atoms. The Bertz CT molecular complexity index is 496. The number of ether oxygens (including phenoxy) is 1. The lowest BCUT2D eigenvalue weighted by atomic mass is 10.1. The van der Waals surface area contributed by atoms with Gasteiger partial charge in [-0.05, 0) is 45.9 Å². The van der Waals surface area contributed by atoms with Crippen molar-refractivity contribution in [3.63, 3.8) is 0 Å². The highest BCUT2D eigenvalue weighted by atomic mass is 35.5. The molecular weight excluding hydrogens is 288 g/mol. The number of hydrogen-bond acceptors (Lipinski definition) is 3. The van der Waals surface area contributed by atoms with Crippen molar-refractivity contribution in [1.82, 2.24) is 10.2 Å². The molecule has 0 saturated carbocycles. The Kier molecular flexibility index (Phi) is 6.05. The lowest BCUT2D eigenvalue weighted by Crippen LogP contribution is -2.36. The van der Waals surface area contributed by atoms with Crippen molar-refractivity contribution in [3.05, 3.63) is 28.8 Å². The summed E-state index contributed by atoms with van der Waals surface area (Å²) < 4.78 is 5.80. The predicted molar refractivity (Wildman–Crippen MR) is 86.8 cm³/mol. The van der Waals surface area contributed by atoms with Gasteiger partial charge in [0.15, 0.2) is 6.10 Å². The molecule has 0 radical (unpaired) electrons. The number of hydrogen-bond donors (Lipinski definition) is 1. The van der Waals surface area contributed by atoms with E-state index in [9.17, 15) is 4.79 Å². The number of benzene rings is 1. The highest BCUT2D eigenvalue weighted by Crippen LogP contribution is 2.24. The van der Waals surface area contributed by atoms with Crippen LogP contribution in [0.5, 0.6) is 5.75 Å². The molecule has 118 valence electrons. The van der Waals surface area contributed by atoms with Gasteiger partial charge in [0, 0.05) is 36.8 Å². The van der Waals surface area contributed by atoms with E-state index in [1.54, 1.807) is 33.2 Å². The molecule has 1 rings (SSSR count). The summed E-state index contributed by atoms with van der Waals surface area (Å²) in [5.74, 6) is 0.610. The van der Waals surface area contributed by atoms with Crippen LogP contribution in [0, 0.1) is 0 Å². The minimum atomic E-state index is -0.533. The summed E-state index contributed by atoms with van der Waals surface area (Å²) in [5, 5.41) is 4.05. The molecule has 1 N–H and O–H groups in total. The van der Waals surface area contributed by atoms with Gasteiger partial charge in [0.25, 0.3) is 5.91 Å². The third kappa shape index (κ3) is 5.94. The van der Waals surface area contributed by atoms with E-state index in [0.717, 1.165) is 5.56 Å². The SMILES string of the molecule is CC(Oc1ccc(Cl)cc1CNC(C)(C)C)C(=O)N(C)C. The molecule has 0 spiro atoms. The normalized spacial score (nSPS) is 12.9. The van der Waals surface area contributed by atoms with E-state index >= 15 is 0 Å². The Morgan fingerprint density at radius 1 is 1.38 bits per heavy atom. The van der Waals surface area contributed by atoms with Crippen molar-refractivity contribution >= 4 is 17.5 Å². The number of nitrogens with zero attached hydrogens (tertiary/aromatic N) is 1. The summed E-state index contributed by atoms with van der Waals surface area (Å²) in [5.41, 5.74) is 0.931. The second-order valence-corrected chi connectivity index (χ2v) is 6.78. The van der Waals surface area contributed by atoms with Gasteiger partial charge in [0.2, 0.25) is 0 Å². The van der Waals surface area contributed by atoms with Gasteiger partial charge in [0.1, 0.15) is 5.75 Å². The maximum absolute atomic E-state index is 11.9. The van der Waals surface area contributed by atoms with E-state index in [1.807, 2.05) is 6.07 Å². The number of carbonyl (C=O) groups is 1. The average molecular weight is 313 g/mol. The maximum Gasteiger partial charge on any atom is 0.262 e. The van der Waals surface area contributed by atoms with E-state index in [1.165, 1.54) is 4.90 Å². The van der Waals surface area contributed by atoms with Crippen molar-refractivity contribution in [2.24, 2.45) is 0 Å². The monoisotopic (exact) mass is 312 g/mol. The lowest BCUT2D eigenvalue weighted by molar-refractivity contribution is -0.135. The molecule has 0 aromatic heterocycles. The molecule has 0 fully saturated rings. The molecule has 0 saturated heterocycles. The van der Waals surface area contributed by atoms with E-state index in [-0.39, 0.29) is 11.4 Å². The third-order valence-corrected chi connectivity index (χ3v) is 3.16. The molecule has 0 heterocycles. The summed E-state index contributed by atoms with van der Waals surface area (Å²) in [6.45, 7) is 8.66. The van der Waals surface area contributed by atoms with Crippen LogP contribution in [0.25, 0.3) is 0 Å². The van der Waals surface area contributed by atoms with Crippen molar-refractivity contribution in [2.75, 3.05) is 14.1 Å². The third-order valence-electron chi connectivity index (χ3n) is 2.92. The fraction of sp³-hybridized carbons (Fsp3) is 0.562. The molecule has 1 amide bonds. The van der Waals surface area contributed by atoms with Gasteiger partial charge in [-0.2, -0.15) is 0 Å². The number of amides is 1.